The zero-order valence-electron chi connectivity index (χ0n) is 10.6. The van der Waals surface area contributed by atoms with E-state index in [1.165, 1.54) is 26.2 Å². The largest absolute Gasteiger partial charge is 0.548 e. The Balaban J connectivity index is 2.75. The number of ketones is 1. The standard InChI is InChI=1S/C13H15NO5/c1-8(15)14-11(13(17)18)7-12(16)9-3-5-10(19-2)6-4-9/h3-6,11H,7H2,1-2H3,(H,14,15)(H,17,18)/p-1. The summed E-state index contributed by atoms with van der Waals surface area (Å²) < 4.78 is 4.95. The van der Waals surface area contributed by atoms with E-state index in [0.717, 1.165) is 0 Å². The molecule has 0 heterocycles. The molecule has 6 heteroatoms. The van der Waals surface area contributed by atoms with Crippen LogP contribution in [0.25, 0.3) is 0 Å². The Kier molecular flexibility index (Phi) is 5.05. The third-order valence-corrected chi connectivity index (χ3v) is 2.46. The molecule has 0 saturated heterocycles. The lowest BCUT2D eigenvalue weighted by Gasteiger charge is -2.18. The second kappa shape index (κ2) is 6.53. The fourth-order valence-corrected chi connectivity index (χ4v) is 1.52. The van der Waals surface area contributed by atoms with Gasteiger partial charge in [-0.2, -0.15) is 0 Å². The van der Waals surface area contributed by atoms with Gasteiger partial charge in [-0.15, -0.1) is 0 Å². The topological polar surface area (TPSA) is 95.5 Å². The molecule has 102 valence electrons. The van der Waals surface area contributed by atoms with Crippen molar-refractivity contribution in [3.05, 3.63) is 29.8 Å². The van der Waals surface area contributed by atoms with Gasteiger partial charge in [0.15, 0.2) is 5.78 Å². The third-order valence-electron chi connectivity index (χ3n) is 2.46. The van der Waals surface area contributed by atoms with E-state index < -0.39 is 23.7 Å². The van der Waals surface area contributed by atoms with Crippen molar-refractivity contribution in [2.45, 2.75) is 19.4 Å². The molecule has 0 aliphatic heterocycles. The zero-order valence-corrected chi connectivity index (χ0v) is 10.6. The van der Waals surface area contributed by atoms with Crippen molar-refractivity contribution in [3.8, 4) is 5.75 Å². The van der Waals surface area contributed by atoms with Crippen molar-refractivity contribution >= 4 is 17.7 Å². The molecule has 0 aliphatic carbocycles. The molecule has 0 fully saturated rings. The second-order valence-electron chi connectivity index (χ2n) is 3.93. The first-order chi connectivity index (χ1) is 8.93. The summed E-state index contributed by atoms with van der Waals surface area (Å²) in [4.78, 5) is 33.5. The summed E-state index contributed by atoms with van der Waals surface area (Å²) in [6.07, 6.45) is -0.353. The highest BCUT2D eigenvalue weighted by Crippen LogP contribution is 2.13. The zero-order chi connectivity index (χ0) is 14.4. The molecule has 1 unspecified atom stereocenters. The predicted octanol–water partition coefficient (Wildman–Crippen LogP) is -0.477. The number of hydrogen-bond donors (Lipinski definition) is 1. The predicted molar refractivity (Wildman–Crippen MR) is 64.6 cm³/mol. The number of hydrogen-bond acceptors (Lipinski definition) is 5. The normalized spacial score (nSPS) is 11.5. The Morgan fingerprint density at radius 1 is 1.26 bits per heavy atom. The van der Waals surface area contributed by atoms with E-state index in [9.17, 15) is 19.5 Å². The van der Waals surface area contributed by atoms with Crippen LogP contribution in [0.2, 0.25) is 0 Å². The van der Waals surface area contributed by atoms with Crippen LogP contribution in [0.4, 0.5) is 0 Å². The summed E-state index contributed by atoms with van der Waals surface area (Å²) in [6, 6.07) is 4.93. The van der Waals surface area contributed by atoms with Gasteiger partial charge >= 0.3 is 0 Å². The first-order valence-corrected chi connectivity index (χ1v) is 5.59. The van der Waals surface area contributed by atoms with Crippen molar-refractivity contribution in [1.29, 1.82) is 0 Å². The minimum atomic E-state index is -1.49. The Morgan fingerprint density at radius 2 is 1.84 bits per heavy atom. The average molecular weight is 264 g/mol. The molecule has 0 aliphatic rings. The first-order valence-electron chi connectivity index (χ1n) is 5.59. The molecule has 1 amide bonds. The smallest absolute Gasteiger partial charge is 0.217 e. The lowest BCUT2D eigenvalue weighted by molar-refractivity contribution is -0.308. The number of carboxylic acids is 1. The molecule has 1 atom stereocenters. The summed E-state index contributed by atoms with van der Waals surface area (Å²) in [5.41, 5.74) is 0.345. The Labute approximate surface area is 110 Å². The highest BCUT2D eigenvalue weighted by molar-refractivity contribution is 5.99. The van der Waals surface area contributed by atoms with Gasteiger partial charge in [-0.1, -0.05) is 0 Å². The molecule has 0 aromatic heterocycles. The second-order valence-corrected chi connectivity index (χ2v) is 3.93. The highest BCUT2D eigenvalue weighted by Gasteiger charge is 2.17. The van der Waals surface area contributed by atoms with Gasteiger partial charge in [-0.3, -0.25) is 9.59 Å². The maximum absolute atomic E-state index is 11.9. The van der Waals surface area contributed by atoms with Gasteiger partial charge in [0.25, 0.3) is 0 Å². The molecule has 6 nitrogen and oxygen atoms in total. The van der Waals surface area contributed by atoms with Crippen LogP contribution in [0.1, 0.15) is 23.7 Å². The summed E-state index contributed by atoms with van der Waals surface area (Å²) in [5, 5.41) is 13.0. The van der Waals surface area contributed by atoms with Crippen molar-refractivity contribution < 1.29 is 24.2 Å². The fourth-order valence-electron chi connectivity index (χ4n) is 1.52. The van der Waals surface area contributed by atoms with E-state index in [1.807, 2.05) is 0 Å². The molecule has 0 saturated carbocycles. The van der Waals surface area contributed by atoms with Gasteiger partial charge in [0.2, 0.25) is 5.91 Å². The van der Waals surface area contributed by atoms with E-state index in [2.05, 4.69) is 5.32 Å². The van der Waals surface area contributed by atoms with Crippen LogP contribution < -0.4 is 15.2 Å². The van der Waals surface area contributed by atoms with Gasteiger partial charge in [-0.05, 0) is 24.3 Å². The van der Waals surface area contributed by atoms with E-state index in [0.29, 0.717) is 11.3 Å². The number of Topliss-reactive ketones (excluding diaryl/α,β-unsaturated/α-hetero) is 1. The molecule has 0 bridgehead atoms. The minimum absolute atomic E-state index is 0.345. The SMILES string of the molecule is COc1ccc(C(=O)CC(NC(C)=O)C(=O)[O-])cc1. The van der Waals surface area contributed by atoms with Gasteiger partial charge in [0.1, 0.15) is 5.75 Å². The number of aliphatic carboxylic acids is 1. The van der Waals surface area contributed by atoms with Gasteiger partial charge in [0, 0.05) is 18.9 Å². The average Bonchev–Trinajstić information content (AvgIpc) is 2.37. The Morgan fingerprint density at radius 3 is 2.26 bits per heavy atom. The summed E-state index contributed by atoms with van der Waals surface area (Å²) in [7, 11) is 1.50. The molecule has 1 rings (SSSR count). The number of ether oxygens (including phenoxy) is 1. The van der Waals surface area contributed by atoms with Crippen molar-refractivity contribution in [1.82, 2.24) is 5.32 Å². The number of carbonyl (C=O) groups is 3. The van der Waals surface area contributed by atoms with E-state index in [1.54, 1.807) is 12.1 Å². The Bertz CT molecular complexity index is 480. The molecule has 19 heavy (non-hydrogen) atoms. The molecular weight excluding hydrogens is 250 g/mol. The quantitative estimate of drug-likeness (QED) is 0.700. The number of amides is 1. The maximum Gasteiger partial charge on any atom is 0.217 e. The number of carbonyl (C=O) groups excluding carboxylic acids is 3. The number of carboxylic acid groups (broad SMARTS) is 1. The Hall–Kier alpha value is -2.37. The first kappa shape index (κ1) is 14.7. The van der Waals surface area contributed by atoms with Crippen molar-refractivity contribution in [2.24, 2.45) is 0 Å². The molecule has 0 spiro atoms. The van der Waals surface area contributed by atoms with E-state index >= 15 is 0 Å². The number of rotatable bonds is 6. The number of nitrogens with one attached hydrogen (secondary N) is 1. The minimum Gasteiger partial charge on any atom is -0.548 e. The van der Waals surface area contributed by atoms with Crippen LogP contribution in [-0.4, -0.2) is 30.8 Å². The lowest BCUT2D eigenvalue weighted by atomic mass is 10.0. The van der Waals surface area contributed by atoms with Crippen LogP contribution in [0.3, 0.4) is 0 Å². The summed E-state index contributed by atoms with van der Waals surface area (Å²) in [6.45, 7) is 1.17. The summed E-state index contributed by atoms with van der Waals surface area (Å²) in [5.74, 6) is -1.82. The molecule has 0 radical (unpaired) electrons. The van der Waals surface area contributed by atoms with Gasteiger partial charge in [0.05, 0.1) is 19.1 Å². The van der Waals surface area contributed by atoms with E-state index in [4.69, 9.17) is 4.74 Å². The van der Waals surface area contributed by atoms with Crippen LogP contribution >= 0.6 is 0 Å². The number of methoxy groups -OCH3 is 1. The van der Waals surface area contributed by atoms with Crippen LogP contribution in [0, 0.1) is 0 Å². The van der Waals surface area contributed by atoms with E-state index in [-0.39, 0.29) is 6.42 Å². The van der Waals surface area contributed by atoms with Crippen LogP contribution in [-0.2, 0) is 9.59 Å². The van der Waals surface area contributed by atoms with Crippen LogP contribution in [0.5, 0.6) is 5.75 Å². The lowest BCUT2D eigenvalue weighted by Crippen LogP contribution is -2.48. The highest BCUT2D eigenvalue weighted by atomic mass is 16.5. The van der Waals surface area contributed by atoms with Crippen molar-refractivity contribution in [3.63, 3.8) is 0 Å². The fraction of sp³-hybridized carbons (Fsp3) is 0.308. The molecule has 1 aromatic rings. The molecule has 1 aromatic carbocycles. The van der Waals surface area contributed by atoms with Crippen LogP contribution in [0.15, 0.2) is 24.3 Å². The molecular formula is C13H14NO5-. The van der Waals surface area contributed by atoms with Crippen molar-refractivity contribution in [2.75, 3.05) is 7.11 Å². The van der Waals surface area contributed by atoms with Gasteiger partial charge in [-0.25, -0.2) is 0 Å². The number of benzene rings is 1. The van der Waals surface area contributed by atoms with Gasteiger partial charge < -0.3 is 20.0 Å². The third kappa shape index (κ3) is 4.42. The monoisotopic (exact) mass is 264 g/mol. The summed E-state index contributed by atoms with van der Waals surface area (Å²) >= 11 is 0. The molecule has 1 N–H and O–H groups in total. The maximum atomic E-state index is 11.9.